The molecule has 1 heterocycles. The van der Waals surface area contributed by atoms with E-state index in [-0.39, 0.29) is 35.0 Å². The normalized spacial score (nSPS) is 9.61. The van der Waals surface area contributed by atoms with Crippen molar-refractivity contribution in [1.82, 2.24) is 4.98 Å². The molecule has 8 nitrogen and oxygen atoms in total. The number of benzene rings is 1. The van der Waals surface area contributed by atoms with E-state index < -0.39 is 17.7 Å². The lowest BCUT2D eigenvalue weighted by Gasteiger charge is -2.11. The molecular weight excluding hydrogens is 328 g/mol. The molecule has 0 saturated carbocycles. The van der Waals surface area contributed by atoms with Crippen LogP contribution in [0.25, 0.3) is 0 Å². The molecule has 1 aromatic heterocycles. The third kappa shape index (κ3) is 4.55. The van der Waals surface area contributed by atoms with E-state index in [4.69, 9.17) is 4.74 Å². The Bertz CT molecular complexity index is 722. The van der Waals surface area contributed by atoms with Crippen molar-refractivity contribution in [2.45, 2.75) is 13.5 Å². The summed E-state index contributed by atoms with van der Waals surface area (Å²) in [5.41, 5.74) is 0.700. The van der Waals surface area contributed by atoms with E-state index in [1.54, 1.807) is 19.1 Å². The van der Waals surface area contributed by atoms with Gasteiger partial charge < -0.3 is 14.7 Å². The molecular formula is C14H13ClN2O6. The summed E-state index contributed by atoms with van der Waals surface area (Å²) >= 11 is 0. The highest BCUT2D eigenvalue weighted by Crippen LogP contribution is 2.24. The Kier molecular flexibility index (Phi) is 6.28. The van der Waals surface area contributed by atoms with Gasteiger partial charge in [0.15, 0.2) is 0 Å². The minimum atomic E-state index is -0.943. The minimum Gasteiger partial charge on any atom is -0.507 e. The predicted octanol–water partition coefficient (Wildman–Crippen LogP) is 2.44. The van der Waals surface area contributed by atoms with E-state index in [2.05, 4.69) is 9.82 Å². The number of halogens is 1. The van der Waals surface area contributed by atoms with Crippen molar-refractivity contribution >= 4 is 18.4 Å². The third-order valence-electron chi connectivity index (χ3n) is 2.87. The van der Waals surface area contributed by atoms with Crippen LogP contribution < -0.4 is 4.74 Å². The van der Waals surface area contributed by atoms with Crippen LogP contribution in [0.5, 0.6) is 11.5 Å². The SMILES string of the molecule is Cc1nccc(OC(=O)c2ccccc2O)c1CO[N+](=O)[O-].Cl. The Balaban J connectivity index is 0.00000264. The van der Waals surface area contributed by atoms with Gasteiger partial charge in [-0.3, -0.25) is 4.98 Å². The highest BCUT2D eigenvalue weighted by molar-refractivity contribution is 5.93. The highest BCUT2D eigenvalue weighted by atomic mass is 35.5. The summed E-state index contributed by atoms with van der Waals surface area (Å²) in [6.45, 7) is 1.21. The van der Waals surface area contributed by atoms with Gasteiger partial charge in [0.25, 0.3) is 5.09 Å². The summed E-state index contributed by atoms with van der Waals surface area (Å²) in [5, 5.41) is 19.0. The van der Waals surface area contributed by atoms with Gasteiger partial charge in [0.2, 0.25) is 0 Å². The number of aromatic nitrogens is 1. The van der Waals surface area contributed by atoms with E-state index in [1.807, 2.05) is 0 Å². The summed E-state index contributed by atoms with van der Waals surface area (Å²) in [5.74, 6) is -0.921. The van der Waals surface area contributed by atoms with Crippen molar-refractivity contribution in [2.75, 3.05) is 0 Å². The number of hydrogen-bond acceptors (Lipinski definition) is 7. The van der Waals surface area contributed by atoms with Crippen LogP contribution >= 0.6 is 12.4 Å². The van der Waals surface area contributed by atoms with E-state index >= 15 is 0 Å². The number of ether oxygens (including phenoxy) is 1. The van der Waals surface area contributed by atoms with E-state index in [0.29, 0.717) is 5.69 Å². The molecule has 0 unspecified atom stereocenters. The van der Waals surface area contributed by atoms with Gasteiger partial charge in [0.1, 0.15) is 23.7 Å². The van der Waals surface area contributed by atoms with Gasteiger partial charge in [-0.2, -0.15) is 0 Å². The fourth-order valence-electron chi connectivity index (χ4n) is 1.76. The molecule has 0 aliphatic carbocycles. The molecule has 2 aromatic rings. The van der Waals surface area contributed by atoms with Gasteiger partial charge >= 0.3 is 5.97 Å². The molecule has 0 amide bonds. The van der Waals surface area contributed by atoms with E-state index in [0.717, 1.165) is 0 Å². The van der Waals surface area contributed by atoms with Gasteiger partial charge in [0.05, 0.1) is 0 Å². The van der Waals surface area contributed by atoms with Crippen molar-refractivity contribution in [1.29, 1.82) is 0 Å². The Morgan fingerprint density at radius 3 is 2.70 bits per heavy atom. The smallest absolute Gasteiger partial charge is 0.347 e. The van der Waals surface area contributed by atoms with Gasteiger partial charge in [-0.15, -0.1) is 22.5 Å². The predicted molar refractivity (Wildman–Crippen MR) is 81.1 cm³/mol. The molecule has 0 atom stereocenters. The lowest BCUT2D eigenvalue weighted by atomic mass is 10.2. The summed E-state index contributed by atoms with van der Waals surface area (Å²) in [6.07, 6.45) is 1.40. The number of pyridine rings is 1. The largest absolute Gasteiger partial charge is 0.507 e. The van der Waals surface area contributed by atoms with Crippen LogP contribution in [-0.4, -0.2) is 21.1 Å². The molecule has 0 aliphatic heterocycles. The number of rotatable bonds is 5. The number of aryl methyl sites for hydroxylation is 1. The second-order valence-electron chi connectivity index (χ2n) is 4.28. The summed E-state index contributed by atoms with van der Waals surface area (Å²) in [6, 6.07) is 7.29. The standard InChI is InChI=1S/C14H12N2O6.ClH/c1-9-11(8-21-16(19)20)13(6-7-15-9)22-14(18)10-4-2-3-5-12(10)17;/h2-7,17H,8H2,1H3;1H. The maximum absolute atomic E-state index is 12.1. The van der Waals surface area contributed by atoms with Crippen molar-refractivity contribution in [3.63, 3.8) is 0 Å². The molecule has 0 fully saturated rings. The Labute approximate surface area is 137 Å². The first-order valence-corrected chi connectivity index (χ1v) is 6.21. The molecule has 0 aliphatic rings. The molecule has 0 spiro atoms. The second kappa shape index (κ2) is 7.95. The monoisotopic (exact) mass is 340 g/mol. The fourth-order valence-corrected chi connectivity index (χ4v) is 1.76. The van der Waals surface area contributed by atoms with Crippen molar-refractivity contribution in [3.8, 4) is 11.5 Å². The minimum absolute atomic E-state index is 0. The van der Waals surface area contributed by atoms with E-state index in [9.17, 15) is 20.0 Å². The van der Waals surface area contributed by atoms with Crippen LogP contribution in [0.2, 0.25) is 0 Å². The number of nitrogens with zero attached hydrogens (tertiary/aromatic N) is 2. The average Bonchev–Trinajstić information content (AvgIpc) is 2.46. The van der Waals surface area contributed by atoms with Crippen LogP contribution in [0.1, 0.15) is 21.6 Å². The van der Waals surface area contributed by atoms with Crippen molar-refractivity contribution in [3.05, 3.63) is 63.5 Å². The summed E-state index contributed by atoms with van der Waals surface area (Å²) in [4.78, 5) is 30.6. The number of phenols is 1. The van der Waals surface area contributed by atoms with Gasteiger partial charge in [-0.05, 0) is 25.1 Å². The Hall–Kier alpha value is -2.87. The fraction of sp³-hybridized carbons (Fsp3) is 0.143. The maximum Gasteiger partial charge on any atom is 0.347 e. The first-order valence-electron chi connectivity index (χ1n) is 6.21. The molecule has 1 aromatic carbocycles. The summed E-state index contributed by atoms with van der Waals surface area (Å²) in [7, 11) is 0. The van der Waals surface area contributed by atoms with Crippen LogP contribution in [0.4, 0.5) is 0 Å². The number of phenolic OH excluding ortho intramolecular Hbond substituents is 1. The lowest BCUT2D eigenvalue weighted by molar-refractivity contribution is -0.763. The van der Waals surface area contributed by atoms with Gasteiger partial charge in [-0.25, -0.2) is 4.79 Å². The van der Waals surface area contributed by atoms with Crippen molar-refractivity contribution in [2.24, 2.45) is 0 Å². The molecule has 122 valence electrons. The van der Waals surface area contributed by atoms with Crippen LogP contribution in [0.3, 0.4) is 0 Å². The van der Waals surface area contributed by atoms with Crippen LogP contribution in [0.15, 0.2) is 36.5 Å². The highest BCUT2D eigenvalue weighted by Gasteiger charge is 2.17. The zero-order valence-corrected chi connectivity index (χ0v) is 12.8. The Morgan fingerprint density at radius 2 is 2.04 bits per heavy atom. The lowest BCUT2D eigenvalue weighted by Crippen LogP contribution is -2.12. The molecule has 9 heteroatoms. The zero-order chi connectivity index (χ0) is 16.1. The molecule has 0 bridgehead atoms. The first kappa shape index (κ1) is 18.2. The third-order valence-corrected chi connectivity index (χ3v) is 2.87. The number of esters is 1. The summed E-state index contributed by atoms with van der Waals surface area (Å²) < 4.78 is 5.18. The molecule has 0 radical (unpaired) electrons. The number of carbonyl (C=O) groups is 1. The number of hydrogen-bond donors (Lipinski definition) is 1. The molecule has 1 N–H and O–H groups in total. The van der Waals surface area contributed by atoms with Crippen molar-refractivity contribution < 1.29 is 24.6 Å². The van der Waals surface area contributed by atoms with E-state index in [1.165, 1.54) is 24.4 Å². The number of aromatic hydroxyl groups is 1. The second-order valence-corrected chi connectivity index (χ2v) is 4.28. The number of para-hydroxylation sites is 1. The first-order chi connectivity index (χ1) is 10.5. The van der Waals surface area contributed by atoms with Gasteiger partial charge in [-0.1, -0.05) is 12.1 Å². The maximum atomic E-state index is 12.1. The molecule has 23 heavy (non-hydrogen) atoms. The quantitative estimate of drug-likeness (QED) is 0.505. The topological polar surface area (TPSA) is 112 Å². The van der Waals surface area contributed by atoms with Crippen LogP contribution in [0, 0.1) is 17.0 Å². The zero-order valence-electron chi connectivity index (χ0n) is 12.0. The average molecular weight is 341 g/mol. The Morgan fingerprint density at radius 1 is 1.35 bits per heavy atom. The van der Waals surface area contributed by atoms with Crippen LogP contribution in [-0.2, 0) is 11.4 Å². The molecule has 2 rings (SSSR count). The number of carbonyl (C=O) groups excluding carboxylic acids is 1. The molecule has 0 saturated heterocycles. The van der Waals surface area contributed by atoms with Gasteiger partial charge in [0, 0.05) is 17.5 Å².